The number of esters is 4. The fourth-order valence-electron chi connectivity index (χ4n) is 3.30. The molecular formula is C21H25FN2O12S. The summed E-state index contributed by atoms with van der Waals surface area (Å²) in [5.41, 5.74) is 0. The van der Waals surface area contributed by atoms with Gasteiger partial charge in [-0.1, -0.05) is 0 Å². The smallest absolute Gasteiger partial charge is 0.329 e. The molecule has 2 amide bonds. The van der Waals surface area contributed by atoms with Crippen LogP contribution in [0, 0.1) is 5.82 Å². The van der Waals surface area contributed by atoms with Crippen LogP contribution in [0.4, 0.5) is 9.18 Å². The van der Waals surface area contributed by atoms with Gasteiger partial charge < -0.3 is 29.0 Å². The van der Waals surface area contributed by atoms with E-state index in [0.29, 0.717) is 0 Å². The molecule has 1 heterocycles. The first-order valence-corrected chi connectivity index (χ1v) is 12.1. The first kappa shape index (κ1) is 29.4. The zero-order chi connectivity index (χ0) is 27.9. The molecule has 0 aliphatic carbocycles. The Labute approximate surface area is 210 Å². The molecule has 37 heavy (non-hydrogen) atoms. The SMILES string of the molecule is CC(=O)OC[C@H]1O[C@@H](OC(C)=O)[C@H](NC(=O)NS(=O)(=O)c2ccc(F)cc2)[C@@H](OC(C)=O)[C@@H]1OC(C)=O. The molecule has 1 aromatic rings. The molecule has 2 N–H and O–H groups in total. The maximum absolute atomic E-state index is 13.1. The van der Waals surface area contributed by atoms with Gasteiger partial charge in [-0.2, -0.15) is 0 Å². The van der Waals surface area contributed by atoms with E-state index in [1.165, 1.54) is 0 Å². The van der Waals surface area contributed by atoms with Crippen LogP contribution < -0.4 is 10.0 Å². The predicted molar refractivity (Wildman–Crippen MR) is 117 cm³/mol. The Bertz CT molecular complexity index is 1140. The molecule has 1 aliphatic heterocycles. The van der Waals surface area contributed by atoms with Crippen LogP contribution in [-0.2, 0) is 52.9 Å². The average molecular weight is 548 g/mol. The second-order valence-corrected chi connectivity index (χ2v) is 9.34. The third kappa shape index (κ3) is 8.68. The molecule has 0 unspecified atom stereocenters. The molecule has 0 bridgehead atoms. The third-order valence-corrected chi connectivity index (χ3v) is 5.98. The highest BCUT2D eigenvalue weighted by molar-refractivity contribution is 7.90. The van der Waals surface area contributed by atoms with Crippen molar-refractivity contribution >= 4 is 39.9 Å². The van der Waals surface area contributed by atoms with Gasteiger partial charge in [-0.25, -0.2) is 22.3 Å². The quantitative estimate of drug-likeness (QED) is 0.324. The number of ether oxygens (including phenoxy) is 5. The Morgan fingerprint density at radius 2 is 1.41 bits per heavy atom. The van der Waals surface area contributed by atoms with Crippen LogP contribution in [0.2, 0.25) is 0 Å². The van der Waals surface area contributed by atoms with Gasteiger partial charge in [-0.3, -0.25) is 19.2 Å². The zero-order valence-electron chi connectivity index (χ0n) is 20.1. The van der Waals surface area contributed by atoms with Gasteiger partial charge in [0.25, 0.3) is 10.0 Å². The van der Waals surface area contributed by atoms with Crippen molar-refractivity contribution in [3.05, 3.63) is 30.1 Å². The van der Waals surface area contributed by atoms with E-state index in [1.807, 2.05) is 0 Å². The van der Waals surface area contributed by atoms with Crippen LogP contribution in [-0.4, -0.2) is 75.6 Å². The number of halogens is 1. The van der Waals surface area contributed by atoms with E-state index in [1.54, 1.807) is 4.72 Å². The summed E-state index contributed by atoms with van der Waals surface area (Å²) in [5, 5.41) is 2.17. The van der Waals surface area contributed by atoms with E-state index >= 15 is 0 Å². The van der Waals surface area contributed by atoms with Crippen LogP contribution >= 0.6 is 0 Å². The highest BCUT2D eigenvalue weighted by Gasteiger charge is 2.52. The Kier molecular flexibility index (Phi) is 9.90. The lowest BCUT2D eigenvalue weighted by molar-refractivity contribution is -0.270. The van der Waals surface area contributed by atoms with Gasteiger partial charge in [0, 0.05) is 27.7 Å². The van der Waals surface area contributed by atoms with Crippen LogP contribution in [0.3, 0.4) is 0 Å². The fraction of sp³-hybridized carbons (Fsp3) is 0.476. The molecule has 1 saturated heterocycles. The zero-order valence-corrected chi connectivity index (χ0v) is 20.9. The Morgan fingerprint density at radius 1 is 0.865 bits per heavy atom. The molecular weight excluding hydrogens is 523 g/mol. The lowest BCUT2D eigenvalue weighted by atomic mass is 9.96. The predicted octanol–water partition coefficient (Wildman–Crippen LogP) is -0.103. The van der Waals surface area contributed by atoms with Crippen LogP contribution in [0.25, 0.3) is 0 Å². The average Bonchev–Trinajstić information content (AvgIpc) is 2.75. The maximum atomic E-state index is 13.1. The highest BCUT2D eigenvalue weighted by Crippen LogP contribution is 2.28. The van der Waals surface area contributed by atoms with Crippen LogP contribution in [0.1, 0.15) is 27.7 Å². The van der Waals surface area contributed by atoms with E-state index in [2.05, 4.69) is 5.32 Å². The summed E-state index contributed by atoms with van der Waals surface area (Å²) in [6.07, 6.45) is -6.13. The second-order valence-electron chi connectivity index (χ2n) is 7.66. The summed E-state index contributed by atoms with van der Waals surface area (Å²) in [5.74, 6) is -4.13. The molecule has 1 aliphatic rings. The first-order chi connectivity index (χ1) is 17.2. The topological polar surface area (TPSA) is 190 Å². The normalized spacial score (nSPS) is 23.2. The van der Waals surface area contributed by atoms with E-state index in [4.69, 9.17) is 23.7 Å². The van der Waals surface area contributed by atoms with Gasteiger partial charge in [0.05, 0.1) is 4.90 Å². The minimum Gasteiger partial charge on any atom is -0.463 e. The highest BCUT2D eigenvalue weighted by atomic mass is 32.2. The third-order valence-electron chi connectivity index (χ3n) is 4.63. The summed E-state index contributed by atoms with van der Waals surface area (Å²) >= 11 is 0. The number of hydrogen-bond acceptors (Lipinski definition) is 12. The van der Waals surface area contributed by atoms with Crippen molar-refractivity contribution in [3.8, 4) is 0 Å². The number of carbonyl (C=O) groups excluding carboxylic acids is 5. The number of benzene rings is 1. The number of amides is 2. The molecule has 5 atom stereocenters. The van der Waals surface area contributed by atoms with Gasteiger partial charge in [0.2, 0.25) is 6.29 Å². The summed E-state index contributed by atoms with van der Waals surface area (Å²) in [7, 11) is -4.50. The molecule has 14 nitrogen and oxygen atoms in total. The molecule has 0 spiro atoms. The van der Waals surface area contributed by atoms with Gasteiger partial charge in [0.1, 0.15) is 24.6 Å². The number of urea groups is 1. The number of rotatable bonds is 8. The number of sulfonamides is 1. The summed E-state index contributed by atoms with van der Waals surface area (Å²) in [6, 6.07) is 0.549. The first-order valence-electron chi connectivity index (χ1n) is 10.6. The molecule has 2 rings (SSSR count). The standard InChI is InChI=1S/C21H25FN2O12S/c1-10(25)32-9-16-18(33-11(2)26)19(34-12(3)27)17(20(36-16)35-13(4)28)23-21(29)24-37(30,31)15-7-5-14(22)6-8-15/h5-8,16-20H,9H2,1-4H3,(H2,23,24,29)/t16-,17-,18-,19-,20-/m1/s1. The van der Waals surface area contributed by atoms with Crippen LogP contribution in [0.5, 0.6) is 0 Å². The summed E-state index contributed by atoms with van der Waals surface area (Å²) < 4.78 is 65.8. The molecule has 0 saturated carbocycles. The lowest BCUT2D eigenvalue weighted by Gasteiger charge is -2.44. The van der Waals surface area contributed by atoms with Crippen molar-refractivity contribution in [1.82, 2.24) is 10.0 Å². The Balaban J connectivity index is 2.40. The monoisotopic (exact) mass is 548 g/mol. The van der Waals surface area contributed by atoms with Gasteiger partial charge in [-0.15, -0.1) is 0 Å². The number of nitrogens with one attached hydrogen (secondary N) is 2. The Morgan fingerprint density at radius 3 is 1.92 bits per heavy atom. The molecule has 204 valence electrons. The fourth-order valence-corrected chi connectivity index (χ4v) is 4.21. The lowest BCUT2D eigenvalue weighted by Crippen LogP contribution is -2.67. The Hall–Kier alpha value is -3.79. The van der Waals surface area contributed by atoms with Crippen molar-refractivity contribution in [3.63, 3.8) is 0 Å². The minimum absolute atomic E-state index is 0.448. The van der Waals surface area contributed by atoms with Gasteiger partial charge >= 0.3 is 29.9 Å². The van der Waals surface area contributed by atoms with Gasteiger partial charge in [0.15, 0.2) is 12.2 Å². The molecule has 16 heteroatoms. The van der Waals surface area contributed by atoms with E-state index < -0.39 is 87.9 Å². The molecule has 0 radical (unpaired) electrons. The molecule has 1 fully saturated rings. The van der Waals surface area contributed by atoms with Crippen molar-refractivity contribution in [1.29, 1.82) is 0 Å². The number of carbonyl (C=O) groups is 5. The second kappa shape index (κ2) is 12.4. The van der Waals surface area contributed by atoms with Crippen molar-refractivity contribution in [2.45, 2.75) is 63.2 Å². The van der Waals surface area contributed by atoms with Crippen molar-refractivity contribution in [2.75, 3.05) is 6.61 Å². The number of hydrogen-bond donors (Lipinski definition) is 2. The van der Waals surface area contributed by atoms with E-state index in [-0.39, 0.29) is 0 Å². The molecule has 1 aromatic carbocycles. The molecule has 0 aromatic heterocycles. The van der Waals surface area contributed by atoms with E-state index in [0.717, 1.165) is 52.0 Å². The van der Waals surface area contributed by atoms with Crippen molar-refractivity contribution in [2.24, 2.45) is 0 Å². The largest absolute Gasteiger partial charge is 0.463 e. The summed E-state index contributed by atoms with van der Waals surface area (Å²) in [4.78, 5) is 58.9. The van der Waals surface area contributed by atoms with Gasteiger partial charge in [-0.05, 0) is 24.3 Å². The minimum atomic E-state index is -4.50. The maximum Gasteiger partial charge on any atom is 0.329 e. The van der Waals surface area contributed by atoms with Crippen LogP contribution in [0.15, 0.2) is 29.2 Å². The van der Waals surface area contributed by atoms with Crippen molar-refractivity contribution < 1.29 is 60.5 Å². The summed E-state index contributed by atoms with van der Waals surface area (Å²) in [6.45, 7) is 3.59. The van der Waals surface area contributed by atoms with E-state index in [9.17, 15) is 36.8 Å².